The third-order valence-corrected chi connectivity index (χ3v) is 9.09. The fraction of sp³-hybridized carbons (Fsp3) is 0.455. The van der Waals surface area contributed by atoms with Crippen molar-refractivity contribution in [2.24, 2.45) is 0 Å². The first-order valence-corrected chi connectivity index (χ1v) is 11.7. The molecule has 2 aliphatic rings. The molecule has 1 N–H and O–H groups in total. The normalized spacial score (nSPS) is 21.9. The number of hydrogen-bond donors (Lipinski definition) is 1. The van der Waals surface area contributed by atoms with Crippen LogP contribution in [-0.2, 0) is 33.1 Å². The van der Waals surface area contributed by atoms with Crippen molar-refractivity contribution in [3.63, 3.8) is 0 Å². The van der Waals surface area contributed by atoms with Crippen LogP contribution < -0.4 is 5.32 Å². The number of benzene rings is 2. The van der Waals surface area contributed by atoms with Gasteiger partial charge in [0, 0.05) is 12.1 Å². The van der Waals surface area contributed by atoms with Gasteiger partial charge in [0.25, 0.3) is 0 Å². The minimum Gasteiger partial charge on any atom is -0.315 e. The molecule has 1 heterocycles. The molecule has 0 radical (unpaired) electrons. The Hall–Kier alpha value is -2.14. The van der Waals surface area contributed by atoms with Crippen molar-refractivity contribution in [2.75, 3.05) is 13.1 Å². The lowest BCUT2D eigenvalue weighted by molar-refractivity contribution is -0.348. The van der Waals surface area contributed by atoms with E-state index in [-0.39, 0.29) is 30.0 Å². The minimum atomic E-state index is -6.24. The van der Waals surface area contributed by atoms with Gasteiger partial charge < -0.3 is 5.32 Å². The third-order valence-electron chi connectivity index (χ3n) is 6.60. The average Bonchev–Trinajstić information content (AvgIpc) is 3.41. The Balaban J connectivity index is 1.79. The van der Waals surface area contributed by atoms with E-state index in [1.807, 2.05) is 0 Å². The van der Waals surface area contributed by atoms with E-state index >= 15 is 0 Å². The standard InChI is InChI=1S/C22H20F7NO2S/c23-20(21(24,25)26,22(27,28)29)17-7-5-16(6-8-17)19(10-11-30-13-19)33(31,32)18-9-4-14-2-1-3-15(14)12-18/h4-9,12,30H,1-3,10-11,13H2. The summed E-state index contributed by atoms with van der Waals surface area (Å²) in [5.41, 5.74) is -5.26. The molecule has 2 aromatic rings. The number of nitrogens with one attached hydrogen (secondary N) is 1. The van der Waals surface area contributed by atoms with Gasteiger partial charge in [0.2, 0.25) is 0 Å². The first-order valence-electron chi connectivity index (χ1n) is 10.2. The van der Waals surface area contributed by atoms with Gasteiger partial charge in [0.1, 0.15) is 4.75 Å². The molecular formula is C22H20F7NO2S. The second-order valence-corrected chi connectivity index (χ2v) is 10.7. The van der Waals surface area contributed by atoms with E-state index in [0.29, 0.717) is 12.1 Å². The van der Waals surface area contributed by atoms with Crippen LogP contribution in [0.15, 0.2) is 47.4 Å². The van der Waals surface area contributed by atoms with Crippen LogP contribution in [0.25, 0.3) is 0 Å². The van der Waals surface area contributed by atoms with E-state index in [1.54, 1.807) is 12.1 Å². The highest BCUT2D eigenvalue weighted by atomic mass is 32.2. The van der Waals surface area contributed by atoms with Gasteiger partial charge >= 0.3 is 18.0 Å². The summed E-state index contributed by atoms with van der Waals surface area (Å²) in [5, 5.41) is 2.92. The summed E-state index contributed by atoms with van der Waals surface area (Å²) >= 11 is 0. The molecule has 1 fully saturated rings. The highest BCUT2D eigenvalue weighted by Crippen LogP contribution is 2.53. The zero-order chi connectivity index (χ0) is 24.3. The molecule has 1 aliphatic carbocycles. The van der Waals surface area contributed by atoms with Crippen molar-refractivity contribution >= 4 is 9.84 Å². The molecule has 0 amide bonds. The minimum absolute atomic E-state index is 0.00319. The van der Waals surface area contributed by atoms with Crippen molar-refractivity contribution in [3.05, 3.63) is 64.7 Å². The second kappa shape index (κ2) is 7.69. The molecule has 0 bridgehead atoms. The lowest BCUT2D eigenvalue weighted by Gasteiger charge is -2.32. The van der Waals surface area contributed by atoms with Crippen LogP contribution in [0.2, 0.25) is 0 Å². The molecule has 180 valence electrons. The van der Waals surface area contributed by atoms with Crippen molar-refractivity contribution in [2.45, 2.75) is 53.3 Å². The summed E-state index contributed by atoms with van der Waals surface area (Å²) in [6.07, 6.45) is -9.95. The van der Waals surface area contributed by atoms with Gasteiger partial charge in [-0.25, -0.2) is 12.8 Å². The largest absolute Gasteiger partial charge is 0.435 e. The molecule has 1 saturated heterocycles. The molecule has 11 heteroatoms. The van der Waals surface area contributed by atoms with E-state index in [9.17, 15) is 39.2 Å². The van der Waals surface area contributed by atoms with Crippen LogP contribution in [0.4, 0.5) is 30.7 Å². The molecular weight excluding hydrogens is 475 g/mol. The van der Waals surface area contributed by atoms with Crippen molar-refractivity contribution in [1.82, 2.24) is 5.32 Å². The predicted molar refractivity (Wildman–Crippen MR) is 106 cm³/mol. The van der Waals surface area contributed by atoms with Gasteiger partial charge in [-0.3, -0.25) is 0 Å². The summed E-state index contributed by atoms with van der Waals surface area (Å²) in [5.74, 6) is 0. The number of fused-ring (bicyclic) bond motifs is 1. The summed E-state index contributed by atoms with van der Waals surface area (Å²) in [7, 11) is -4.08. The molecule has 1 atom stereocenters. The molecule has 33 heavy (non-hydrogen) atoms. The summed E-state index contributed by atoms with van der Waals surface area (Å²) in [6, 6.07) is 7.24. The van der Waals surface area contributed by atoms with Gasteiger partial charge in [-0.1, -0.05) is 30.3 Å². The number of rotatable bonds is 4. The molecule has 2 aromatic carbocycles. The van der Waals surface area contributed by atoms with Gasteiger partial charge in [-0.2, -0.15) is 26.3 Å². The summed E-state index contributed by atoms with van der Waals surface area (Å²) < 4.78 is 119. The first kappa shape index (κ1) is 24.0. The smallest absolute Gasteiger partial charge is 0.315 e. The molecule has 3 nitrogen and oxygen atoms in total. The van der Waals surface area contributed by atoms with Crippen molar-refractivity contribution in [3.8, 4) is 0 Å². The first-order chi connectivity index (χ1) is 15.2. The number of aryl methyl sites for hydroxylation is 2. The topological polar surface area (TPSA) is 46.2 Å². The second-order valence-electron chi connectivity index (χ2n) is 8.44. The highest BCUT2D eigenvalue weighted by molar-refractivity contribution is 7.92. The van der Waals surface area contributed by atoms with E-state index in [2.05, 4.69) is 5.32 Å². The maximum absolute atomic E-state index is 14.4. The Kier molecular flexibility index (Phi) is 5.59. The number of sulfone groups is 1. The fourth-order valence-electron chi connectivity index (χ4n) is 4.73. The van der Waals surface area contributed by atoms with Crippen LogP contribution in [0.5, 0.6) is 0 Å². The van der Waals surface area contributed by atoms with Crippen LogP contribution in [0.1, 0.15) is 35.1 Å². The van der Waals surface area contributed by atoms with Crippen LogP contribution in [0.3, 0.4) is 0 Å². The van der Waals surface area contributed by atoms with E-state index < -0.39 is 38.2 Å². The average molecular weight is 495 g/mol. The van der Waals surface area contributed by atoms with E-state index in [1.165, 1.54) is 6.07 Å². The van der Waals surface area contributed by atoms with Gasteiger partial charge in [0.15, 0.2) is 9.84 Å². The van der Waals surface area contributed by atoms with Crippen molar-refractivity contribution in [1.29, 1.82) is 0 Å². The van der Waals surface area contributed by atoms with Gasteiger partial charge in [-0.05, 0) is 61.1 Å². The lowest BCUT2D eigenvalue weighted by atomic mass is 9.90. The molecule has 1 unspecified atom stereocenters. The SMILES string of the molecule is O=S(=O)(c1ccc2c(c1)CCC2)C1(c2ccc(C(F)(C(F)(F)F)C(F)(F)F)cc2)CCNC1. The van der Waals surface area contributed by atoms with Crippen LogP contribution in [0, 0.1) is 0 Å². The number of halogens is 7. The quantitative estimate of drug-likeness (QED) is 0.599. The molecule has 4 rings (SSSR count). The third kappa shape index (κ3) is 3.54. The maximum Gasteiger partial charge on any atom is 0.435 e. The molecule has 0 saturated carbocycles. The summed E-state index contributed by atoms with van der Waals surface area (Å²) in [6.45, 7) is 0.204. The monoisotopic (exact) mass is 495 g/mol. The zero-order valence-corrected chi connectivity index (χ0v) is 18.0. The van der Waals surface area contributed by atoms with Gasteiger partial charge in [-0.15, -0.1) is 0 Å². The van der Waals surface area contributed by atoms with Crippen LogP contribution >= 0.6 is 0 Å². The highest BCUT2D eigenvalue weighted by Gasteiger charge is 2.73. The number of alkyl halides is 7. The predicted octanol–water partition coefficient (Wildman–Crippen LogP) is 5.13. The molecule has 1 aliphatic heterocycles. The Labute approximate surface area is 185 Å². The van der Waals surface area contributed by atoms with E-state index in [4.69, 9.17) is 0 Å². The Morgan fingerprint density at radius 1 is 0.818 bits per heavy atom. The van der Waals surface area contributed by atoms with Gasteiger partial charge in [0.05, 0.1) is 4.90 Å². The maximum atomic E-state index is 14.4. The Bertz CT molecular complexity index is 1130. The zero-order valence-electron chi connectivity index (χ0n) is 17.2. The van der Waals surface area contributed by atoms with Crippen LogP contribution in [-0.4, -0.2) is 33.9 Å². The fourth-order valence-corrected chi connectivity index (χ4v) is 6.84. The molecule has 0 spiro atoms. The van der Waals surface area contributed by atoms with E-state index in [0.717, 1.165) is 42.5 Å². The van der Waals surface area contributed by atoms with Crippen molar-refractivity contribution < 1.29 is 39.2 Å². The Morgan fingerprint density at radius 3 is 1.97 bits per heavy atom. The molecule has 0 aromatic heterocycles. The Morgan fingerprint density at radius 2 is 1.42 bits per heavy atom. The number of hydrogen-bond acceptors (Lipinski definition) is 3. The summed E-state index contributed by atoms with van der Waals surface area (Å²) in [4.78, 5) is 0.0429. The lowest BCUT2D eigenvalue weighted by Crippen LogP contribution is -2.50.